The summed E-state index contributed by atoms with van der Waals surface area (Å²) in [5.41, 5.74) is 0. The van der Waals surface area contributed by atoms with Crippen LogP contribution in [0.25, 0.3) is 0 Å². The molecule has 0 aliphatic rings. The Balaban J connectivity index is 3.80. The monoisotopic (exact) mass is 164 g/mol. The first-order valence-electron chi connectivity index (χ1n) is 2.91. The number of allylic oxidation sites excluding steroid dienone is 2. The van der Waals surface area contributed by atoms with Crippen LogP contribution in [0.1, 0.15) is 13.3 Å². The molecular formula is C7H10ClFO. The fourth-order valence-electron chi connectivity index (χ4n) is 0.379. The van der Waals surface area contributed by atoms with Crippen LogP contribution < -0.4 is 0 Å². The normalized spacial score (nSPS) is 15.0. The van der Waals surface area contributed by atoms with Crippen LogP contribution >= 0.6 is 11.6 Å². The molecule has 0 aliphatic heterocycles. The van der Waals surface area contributed by atoms with Gasteiger partial charge in [-0.1, -0.05) is 24.3 Å². The predicted molar refractivity (Wildman–Crippen MR) is 40.5 cm³/mol. The molecule has 10 heavy (non-hydrogen) atoms. The fourth-order valence-corrected chi connectivity index (χ4v) is 0.456. The Morgan fingerprint density at radius 1 is 1.90 bits per heavy atom. The molecule has 1 N–H and O–H groups in total. The number of hydrogen-bond donors (Lipinski definition) is 1. The summed E-state index contributed by atoms with van der Waals surface area (Å²) < 4.78 is 11.9. The third kappa shape index (κ3) is 4.53. The quantitative estimate of drug-likeness (QED) is 0.679. The molecule has 0 rings (SSSR count). The third-order valence-electron chi connectivity index (χ3n) is 0.918. The van der Waals surface area contributed by atoms with Gasteiger partial charge in [0.2, 0.25) is 0 Å². The van der Waals surface area contributed by atoms with E-state index in [0.717, 1.165) is 0 Å². The van der Waals surface area contributed by atoms with Gasteiger partial charge in [-0.3, -0.25) is 0 Å². The highest BCUT2D eigenvalue weighted by atomic mass is 35.5. The van der Waals surface area contributed by atoms with Gasteiger partial charge in [-0.05, 0) is 6.92 Å². The van der Waals surface area contributed by atoms with Gasteiger partial charge in [0.1, 0.15) is 0 Å². The minimum absolute atomic E-state index is 0.0731. The zero-order valence-electron chi connectivity index (χ0n) is 5.77. The maximum atomic E-state index is 11.9. The van der Waals surface area contributed by atoms with Crippen LogP contribution in [-0.4, -0.2) is 11.2 Å². The highest BCUT2D eigenvalue weighted by Crippen LogP contribution is 2.11. The number of aliphatic hydroxyl groups is 1. The maximum absolute atomic E-state index is 11.9. The van der Waals surface area contributed by atoms with Gasteiger partial charge in [0.05, 0.1) is 11.9 Å². The van der Waals surface area contributed by atoms with E-state index in [1.54, 1.807) is 0 Å². The van der Waals surface area contributed by atoms with Crippen molar-refractivity contribution in [3.8, 4) is 0 Å². The summed E-state index contributed by atoms with van der Waals surface area (Å²) >= 11 is 5.46. The first-order valence-corrected chi connectivity index (χ1v) is 3.28. The zero-order chi connectivity index (χ0) is 8.15. The molecule has 0 saturated carbocycles. The van der Waals surface area contributed by atoms with Crippen LogP contribution in [0.5, 0.6) is 0 Å². The Morgan fingerprint density at radius 2 is 2.40 bits per heavy atom. The van der Waals surface area contributed by atoms with Crippen LogP contribution in [-0.2, 0) is 0 Å². The third-order valence-corrected chi connectivity index (χ3v) is 1.39. The molecule has 0 bridgehead atoms. The van der Waals surface area contributed by atoms with Gasteiger partial charge in [0.25, 0.3) is 0 Å². The highest BCUT2D eigenvalue weighted by molar-refractivity contribution is 6.30. The van der Waals surface area contributed by atoms with E-state index in [1.807, 2.05) is 0 Å². The zero-order valence-corrected chi connectivity index (χ0v) is 6.53. The first kappa shape index (κ1) is 9.66. The van der Waals surface area contributed by atoms with Crippen LogP contribution in [0.2, 0.25) is 0 Å². The molecule has 0 aromatic carbocycles. The topological polar surface area (TPSA) is 20.2 Å². The lowest BCUT2D eigenvalue weighted by Gasteiger charge is -1.99. The Hall–Kier alpha value is -0.340. The Kier molecular flexibility index (Phi) is 4.32. The largest absolute Gasteiger partial charge is 0.388 e. The molecule has 0 spiro atoms. The van der Waals surface area contributed by atoms with Gasteiger partial charge >= 0.3 is 0 Å². The summed E-state index contributed by atoms with van der Waals surface area (Å²) in [6, 6.07) is 0. The number of aliphatic hydroxyl groups excluding tert-OH is 1. The Morgan fingerprint density at radius 3 is 2.70 bits per heavy atom. The van der Waals surface area contributed by atoms with Gasteiger partial charge in [-0.2, -0.15) is 0 Å². The van der Waals surface area contributed by atoms with Crippen molar-refractivity contribution >= 4 is 11.6 Å². The summed E-state index contributed by atoms with van der Waals surface area (Å²) in [5, 5.41) is 9.03. The van der Waals surface area contributed by atoms with Gasteiger partial charge in [-0.15, -0.1) is 0 Å². The molecule has 1 unspecified atom stereocenters. The van der Waals surface area contributed by atoms with Gasteiger partial charge < -0.3 is 5.11 Å². The lowest BCUT2D eigenvalue weighted by molar-refractivity contribution is 0.239. The Labute approximate surface area is 64.8 Å². The molecular weight excluding hydrogens is 155 g/mol. The van der Waals surface area contributed by atoms with E-state index in [-0.39, 0.29) is 11.5 Å². The molecule has 0 amide bonds. The van der Waals surface area contributed by atoms with Gasteiger partial charge in [-0.25, -0.2) is 4.39 Å². The number of halogens is 2. The van der Waals surface area contributed by atoms with Crippen molar-refractivity contribution in [2.75, 3.05) is 0 Å². The predicted octanol–water partition coefficient (Wildman–Crippen LogP) is 2.36. The lowest BCUT2D eigenvalue weighted by atomic mass is 10.3. The fraction of sp³-hybridized carbons (Fsp3) is 0.429. The molecule has 0 aromatic heterocycles. The van der Waals surface area contributed by atoms with Crippen molar-refractivity contribution in [2.24, 2.45) is 0 Å². The second-order valence-electron chi connectivity index (χ2n) is 1.99. The standard InChI is InChI=1S/C7H10ClFO/c1-5(9)3-4-7(8)6(2)10/h4,6,10H,1,3H2,2H3/b7-4+. The van der Waals surface area contributed by atoms with Gasteiger partial charge in [0.15, 0.2) is 0 Å². The van der Waals surface area contributed by atoms with Crippen molar-refractivity contribution in [2.45, 2.75) is 19.4 Å². The second-order valence-corrected chi connectivity index (χ2v) is 2.42. The molecule has 1 nitrogen and oxygen atoms in total. The van der Waals surface area contributed by atoms with Crippen LogP contribution in [0.15, 0.2) is 23.5 Å². The molecule has 1 atom stereocenters. The maximum Gasteiger partial charge on any atom is 0.0966 e. The average molecular weight is 165 g/mol. The molecule has 0 heterocycles. The van der Waals surface area contributed by atoms with Crippen molar-refractivity contribution in [1.29, 1.82) is 0 Å². The summed E-state index contributed by atoms with van der Waals surface area (Å²) in [4.78, 5) is 0. The molecule has 3 heteroatoms. The van der Waals surface area contributed by atoms with Crippen LogP contribution in [0, 0.1) is 0 Å². The van der Waals surface area contributed by atoms with Gasteiger partial charge in [0, 0.05) is 11.5 Å². The first-order chi connectivity index (χ1) is 4.54. The van der Waals surface area contributed by atoms with E-state index in [0.29, 0.717) is 0 Å². The van der Waals surface area contributed by atoms with Crippen molar-refractivity contribution in [3.63, 3.8) is 0 Å². The smallest absolute Gasteiger partial charge is 0.0966 e. The highest BCUT2D eigenvalue weighted by Gasteiger charge is 1.99. The van der Waals surface area contributed by atoms with Crippen LogP contribution in [0.3, 0.4) is 0 Å². The van der Waals surface area contributed by atoms with E-state index in [2.05, 4.69) is 6.58 Å². The second kappa shape index (κ2) is 4.47. The van der Waals surface area contributed by atoms with Crippen molar-refractivity contribution < 1.29 is 9.50 Å². The summed E-state index contributed by atoms with van der Waals surface area (Å²) in [5.74, 6) is -0.459. The summed E-state index contributed by atoms with van der Waals surface area (Å²) in [6.45, 7) is 4.55. The molecule has 0 radical (unpaired) electrons. The van der Waals surface area contributed by atoms with Crippen LogP contribution in [0.4, 0.5) is 4.39 Å². The van der Waals surface area contributed by atoms with E-state index in [4.69, 9.17) is 16.7 Å². The molecule has 0 aromatic rings. The SMILES string of the molecule is C=C(F)C/C=C(/Cl)C(C)O. The lowest BCUT2D eigenvalue weighted by Crippen LogP contribution is -1.98. The van der Waals surface area contributed by atoms with Crippen molar-refractivity contribution in [1.82, 2.24) is 0 Å². The summed E-state index contributed by atoms with van der Waals surface area (Å²) in [7, 11) is 0. The number of hydrogen-bond acceptors (Lipinski definition) is 1. The molecule has 58 valence electrons. The summed E-state index contributed by atoms with van der Waals surface area (Å²) in [6.07, 6.45) is 0.749. The Bertz CT molecular complexity index is 152. The minimum Gasteiger partial charge on any atom is -0.388 e. The van der Waals surface area contributed by atoms with Crippen molar-refractivity contribution in [3.05, 3.63) is 23.5 Å². The van der Waals surface area contributed by atoms with E-state index in [1.165, 1.54) is 13.0 Å². The molecule has 0 saturated heterocycles. The van der Waals surface area contributed by atoms with E-state index in [9.17, 15) is 4.39 Å². The minimum atomic E-state index is -0.721. The molecule has 0 aliphatic carbocycles. The average Bonchev–Trinajstić information content (AvgIpc) is 1.82. The molecule has 0 fully saturated rings. The number of rotatable bonds is 3. The van der Waals surface area contributed by atoms with E-state index >= 15 is 0 Å². The van der Waals surface area contributed by atoms with E-state index < -0.39 is 11.9 Å².